The van der Waals surface area contributed by atoms with Gasteiger partial charge in [-0.2, -0.15) is 0 Å². The highest BCUT2D eigenvalue weighted by Gasteiger charge is 2.23. The van der Waals surface area contributed by atoms with Gasteiger partial charge in [-0.3, -0.25) is 4.79 Å². The van der Waals surface area contributed by atoms with Crippen molar-refractivity contribution >= 4 is 17.5 Å². The zero-order chi connectivity index (χ0) is 18.6. The molecule has 0 radical (unpaired) electrons. The molecule has 2 fully saturated rings. The van der Waals surface area contributed by atoms with E-state index in [1.54, 1.807) is 24.4 Å². The Kier molecular flexibility index (Phi) is 5.18. The molecule has 1 saturated heterocycles. The number of piperazine rings is 1. The highest BCUT2D eigenvalue weighted by molar-refractivity contribution is 5.92. The summed E-state index contributed by atoms with van der Waals surface area (Å²) in [5, 5.41) is 3.06. The maximum absolute atomic E-state index is 14.0. The maximum atomic E-state index is 14.0. The zero-order valence-electron chi connectivity index (χ0n) is 15.3. The molecule has 2 heterocycles. The number of nitrogens with zero attached hydrogens (tertiary/aromatic N) is 4. The topological polar surface area (TPSA) is 61.4 Å². The van der Waals surface area contributed by atoms with E-state index in [1.807, 2.05) is 15.9 Å². The quantitative estimate of drug-likeness (QED) is 0.898. The predicted octanol–water partition coefficient (Wildman–Crippen LogP) is 2.61. The molecule has 7 heteroatoms. The number of halogens is 1. The van der Waals surface area contributed by atoms with Crippen molar-refractivity contribution in [1.82, 2.24) is 15.3 Å². The normalized spacial score (nSPS) is 18.0. The second-order valence-electron chi connectivity index (χ2n) is 7.12. The molecule has 0 bridgehead atoms. The van der Waals surface area contributed by atoms with E-state index in [2.05, 4.69) is 15.3 Å². The number of hydrogen-bond donors (Lipinski definition) is 1. The molecule has 2 aliphatic rings. The first kappa shape index (κ1) is 17.7. The maximum Gasteiger partial charge on any atom is 0.270 e. The van der Waals surface area contributed by atoms with E-state index in [9.17, 15) is 9.18 Å². The smallest absolute Gasteiger partial charge is 0.270 e. The number of carbonyl (C=O) groups is 1. The number of rotatable bonds is 4. The first-order valence-corrected chi connectivity index (χ1v) is 9.59. The Balaban J connectivity index is 1.39. The zero-order valence-corrected chi connectivity index (χ0v) is 15.3. The molecule has 1 aromatic heterocycles. The van der Waals surface area contributed by atoms with E-state index < -0.39 is 0 Å². The van der Waals surface area contributed by atoms with E-state index in [4.69, 9.17) is 0 Å². The first-order valence-electron chi connectivity index (χ1n) is 9.59. The first-order chi connectivity index (χ1) is 13.2. The van der Waals surface area contributed by atoms with Crippen molar-refractivity contribution < 1.29 is 9.18 Å². The molecule has 142 valence electrons. The SMILES string of the molecule is O=C(NC1CCCC1)c1ccnc(N2CCN(c3ccccc3F)CC2)n1. The fraction of sp³-hybridized carbons (Fsp3) is 0.450. The minimum absolute atomic E-state index is 0.129. The van der Waals surface area contributed by atoms with E-state index >= 15 is 0 Å². The van der Waals surface area contributed by atoms with Crippen molar-refractivity contribution in [2.24, 2.45) is 0 Å². The Morgan fingerprint density at radius 1 is 1.04 bits per heavy atom. The van der Waals surface area contributed by atoms with Crippen LogP contribution in [-0.2, 0) is 0 Å². The molecule has 1 saturated carbocycles. The summed E-state index contributed by atoms with van der Waals surface area (Å²) in [7, 11) is 0. The van der Waals surface area contributed by atoms with Crippen LogP contribution in [0.3, 0.4) is 0 Å². The van der Waals surface area contributed by atoms with Crippen LogP contribution < -0.4 is 15.1 Å². The van der Waals surface area contributed by atoms with Gasteiger partial charge in [0.1, 0.15) is 11.5 Å². The van der Waals surface area contributed by atoms with Gasteiger partial charge in [-0.15, -0.1) is 0 Å². The van der Waals surface area contributed by atoms with Crippen LogP contribution in [0.2, 0.25) is 0 Å². The molecule has 1 aliphatic heterocycles. The van der Waals surface area contributed by atoms with Gasteiger partial charge in [0.15, 0.2) is 0 Å². The third-order valence-electron chi connectivity index (χ3n) is 5.32. The van der Waals surface area contributed by atoms with Gasteiger partial charge >= 0.3 is 0 Å². The van der Waals surface area contributed by atoms with Crippen LogP contribution in [-0.4, -0.2) is 48.1 Å². The number of amides is 1. The van der Waals surface area contributed by atoms with Crippen molar-refractivity contribution in [2.45, 2.75) is 31.7 Å². The molecule has 27 heavy (non-hydrogen) atoms. The van der Waals surface area contributed by atoms with E-state index in [0.717, 1.165) is 12.8 Å². The second kappa shape index (κ2) is 7.90. The third kappa shape index (κ3) is 4.02. The number of carbonyl (C=O) groups excluding carboxylic acids is 1. The number of para-hydroxylation sites is 1. The summed E-state index contributed by atoms with van der Waals surface area (Å²) in [5.41, 5.74) is 1.03. The summed E-state index contributed by atoms with van der Waals surface area (Å²) in [5.74, 6) is 0.227. The molecule has 0 atom stereocenters. The van der Waals surface area contributed by atoms with Gasteiger partial charge in [-0.05, 0) is 31.0 Å². The summed E-state index contributed by atoms with van der Waals surface area (Å²) in [4.78, 5) is 25.3. The standard InChI is InChI=1S/C20H24FN5O/c21-16-7-3-4-8-18(16)25-11-13-26(14-12-25)20-22-10-9-17(24-20)19(27)23-15-5-1-2-6-15/h3-4,7-10,15H,1-2,5-6,11-14H2,(H,23,27). The Bertz CT molecular complexity index is 800. The fourth-order valence-electron chi connectivity index (χ4n) is 3.81. The van der Waals surface area contributed by atoms with Crippen molar-refractivity contribution in [3.05, 3.63) is 48.0 Å². The lowest BCUT2D eigenvalue weighted by atomic mass is 10.2. The number of nitrogens with one attached hydrogen (secondary N) is 1. The van der Waals surface area contributed by atoms with E-state index in [-0.39, 0.29) is 17.8 Å². The minimum Gasteiger partial charge on any atom is -0.366 e. The summed E-state index contributed by atoms with van der Waals surface area (Å²) < 4.78 is 14.0. The number of hydrogen-bond acceptors (Lipinski definition) is 5. The van der Waals surface area contributed by atoms with Gasteiger partial charge in [0.25, 0.3) is 5.91 Å². The monoisotopic (exact) mass is 369 g/mol. The average molecular weight is 369 g/mol. The molecule has 1 amide bonds. The van der Waals surface area contributed by atoms with E-state index in [1.165, 1.54) is 18.9 Å². The molecule has 1 aromatic carbocycles. The Morgan fingerprint density at radius 2 is 1.74 bits per heavy atom. The van der Waals surface area contributed by atoms with Crippen LogP contribution in [0.5, 0.6) is 0 Å². The van der Waals surface area contributed by atoms with Crippen LogP contribution in [0, 0.1) is 5.82 Å². The van der Waals surface area contributed by atoms with Crippen LogP contribution in [0.1, 0.15) is 36.2 Å². The lowest BCUT2D eigenvalue weighted by molar-refractivity contribution is 0.0932. The van der Waals surface area contributed by atoms with Crippen LogP contribution >= 0.6 is 0 Å². The van der Waals surface area contributed by atoms with Crippen molar-refractivity contribution in [2.75, 3.05) is 36.0 Å². The van der Waals surface area contributed by atoms with Crippen molar-refractivity contribution in [1.29, 1.82) is 0 Å². The summed E-state index contributed by atoms with van der Waals surface area (Å²) in [6, 6.07) is 8.75. The molecule has 4 rings (SSSR count). The van der Waals surface area contributed by atoms with Gasteiger partial charge in [-0.1, -0.05) is 25.0 Å². The van der Waals surface area contributed by atoms with Crippen molar-refractivity contribution in [3.8, 4) is 0 Å². The Hall–Kier alpha value is -2.70. The lowest BCUT2D eigenvalue weighted by Crippen LogP contribution is -2.47. The van der Waals surface area contributed by atoms with Gasteiger partial charge in [0, 0.05) is 38.4 Å². The fourth-order valence-corrected chi connectivity index (χ4v) is 3.81. The molecule has 6 nitrogen and oxygen atoms in total. The highest BCUT2D eigenvalue weighted by Crippen LogP contribution is 2.22. The molecule has 0 spiro atoms. The molecular formula is C20H24FN5O. The van der Waals surface area contributed by atoms with Gasteiger partial charge in [0.05, 0.1) is 5.69 Å². The Labute approximate surface area is 158 Å². The molecule has 2 aromatic rings. The average Bonchev–Trinajstić information content (AvgIpc) is 3.22. The van der Waals surface area contributed by atoms with Crippen LogP contribution in [0.4, 0.5) is 16.0 Å². The summed E-state index contributed by atoms with van der Waals surface area (Å²) >= 11 is 0. The van der Waals surface area contributed by atoms with Gasteiger partial charge in [0.2, 0.25) is 5.95 Å². The van der Waals surface area contributed by atoms with Gasteiger partial charge < -0.3 is 15.1 Å². The van der Waals surface area contributed by atoms with Crippen LogP contribution in [0.25, 0.3) is 0 Å². The summed E-state index contributed by atoms with van der Waals surface area (Å²) in [6.07, 6.45) is 6.07. The second-order valence-corrected chi connectivity index (χ2v) is 7.12. The van der Waals surface area contributed by atoms with Crippen molar-refractivity contribution in [3.63, 3.8) is 0 Å². The number of benzene rings is 1. The largest absolute Gasteiger partial charge is 0.366 e. The summed E-state index contributed by atoms with van der Waals surface area (Å²) in [6.45, 7) is 2.73. The number of anilines is 2. The highest BCUT2D eigenvalue weighted by atomic mass is 19.1. The number of aromatic nitrogens is 2. The van der Waals surface area contributed by atoms with E-state index in [0.29, 0.717) is 43.5 Å². The third-order valence-corrected chi connectivity index (χ3v) is 5.32. The lowest BCUT2D eigenvalue weighted by Gasteiger charge is -2.36. The van der Waals surface area contributed by atoms with Crippen LogP contribution in [0.15, 0.2) is 36.5 Å². The molecule has 1 aliphatic carbocycles. The molecule has 1 N–H and O–H groups in total. The molecule has 0 unspecified atom stereocenters. The predicted molar refractivity (Wildman–Crippen MR) is 103 cm³/mol. The Morgan fingerprint density at radius 3 is 2.48 bits per heavy atom. The minimum atomic E-state index is -0.201. The van der Waals surface area contributed by atoms with Gasteiger partial charge in [-0.25, -0.2) is 14.4 Å². The molecular weight excluding hydrogens is 345 g/mol.